The first-order chi connectivity index (χ1) is 7.72. The van der Waals surface area contributed by atoms with E-state index in [0.29, 0.717) is 12.6 Å². The highest BCUT2D eigenvalue weighted by Crippen LogP contribution is 2.16. The third-order valence-electron chi connectivity index (χ3n) is 2.74. The van der Waals surface area contributed by atoms with Gasteiger partial charge in [-0.15, -0.1) is 0 Å². The molecule has 0 aromatic carbocycles. The molecule has 3 nitrogen and oxygen atoms in total. The summed E-state index contributed by atoms with van der Waals surface area (Å²) in [6.07, 6.45) is 3.27. The van der Waals surface area contributed by atoms with Crippen molar-refractivity contribution in [2.75, 3.05) is 24.0 Å². The number of hydrogen-bond acceptors (Lipinski definition) is 4. The van der Waals surface area contributed by atoms with Crippen LogP contribution in [0.25, 0.3) is 0 Å². The van der Waals surface area contributed by atoms with Gasteiger partial charge < -0.3 is 10.6 Å². The summed E-state index contributed by atoms with van der Waals surface area (Å²) in [4.78, 5) is 6.78. The molecule has 16 heavy (non-hydrogen) atoms. The Hall–Kier alpha value is -0.740. The van der Waals surface area contributed by atoms with Gasteiger partial charge in [0.25, 0.3) is 0 Å². The standard InChI is InChI=1S/C12H21N3S/c1-4-11(9-16-3)15(2)12-7-5-6-10(8-13)14-12/h5-7,11H,4,8-9,13H2,1-3H3. The van der Waals surface area contributed by atoms with Crippen molar-refractivity contribution in [2.24, 2.45) is 5.73 Å². The van der Waals surface area contributed by atoms with Crippen LogP contribution in [-0.4, -0.2) is 30.1 Å². The average Bonchev–Trinajstić information content (AvgIpc) is 2.35. The Balaban J connectivity index is 2.80. The summed E-state index contributed by atoms with van der Waals surface area (Å²) in [5.74, 6) is 2.14. The van der Waals surface area contributed by atoms with Crippen LogP contribution >= 0.6 is 11.8 Å². The molecule has 4 heteroatoms. The molecule has 2 N–H and O–H groups in total. The smallest absolute Gasteiger partial charge is 0.128 e. The third-order valence-corrected chi connectivity index (χ3v) is 3.46. The van der Waals surface area contributed by atoms with Gasteiger partial charge in [-0.3, -0.25) is 0 Å². The second-order valence-electron chi connectivity index (χ2n) is 3.82. The zero-order chi connectivity index (χ0) is 12.0. The third kappa shape index (κ3) is 3.39. The van der Waals surface area contributed by atoms with E-state index in [9.17, 15) is 0 Å². The lowest BCUT2D eigenvalue weighted by Gasteiger charge is -2.28. The van der Waals surface area contributed by atoms with Crippen LogP contribution in [-0.2, 0) is 6.54 Å². The molecule has 0 aliphatic carbocycles. The molecule has 0 saturated carbocycles. The molecule has 0 bridgehead atoms. The molecule has 90 valence electrons. The number of aromatic nitrogens is 1. The maximum absolute atomic E-state index is 5.60. The molecule has 1 aromatic rings. The number of rotatable bonds is 6. The minimum absolute atomic E-state index is 0.501. The zero-order valence-corrected chi connectivity index (χ0v) is 11.1. The van der Waals surface area contributed by atoms with Crippen molar-refractivity contribution in [2.45, 2.75) is 25.9 Å². The minimum atomic E-state index is 0.501. The van der Waals surface area contributed by atoms with Crippen LogP contribution in [0.4, 0.5) is 5.82 Å². The molecule has 0 aliphatic rings. The van der Waals surface area contributed by atoms with Crippen LogP contribution in [0.5, 0.6) is 0 Å². The highest BCUT2D eigenvalue weighted by molar-refractivity contribution is 7.98. The van der Waals surface area contributed by atoms with E-state index in [4.69, 9.17) is 5.73 Å². The van der Waals surface area contributed by atoms with E-state index in [0.717, 1.165) is 23.7 Å². The van der Waals surface area contributed by atoms with Gasteiger partial charge in [-0.05, 0) is 24.8 Å². The summed E-state index contributed by atoms with van der Waals surface area (Å²) in [7, 11) is 2.10. The van der Waals surface area contributed by atoms with E-state index >= 15 is 0 Å². The largest absolute Gasteiger partial charge is 0.356 e. The Morgan fingerprint density at radius 2 is 2.25 bits per heavy atom. The number of nitrogens with zero attached hydrogens (tertiary/aromatic N) is 2. The van der Waals surface area contributed by atoms with E-state index in [1.807, 2.05) is 30.0 Å². The first-order valence-electron chi connectivity index (χ1n) is 5.60. The molecule has 0 saturated heterocycles. The van der Waals surface area contributed by atoms with Crippen molar-refractivity contribution in [3.05, 3.63) is 23.9 Å². The summed E-state index contributed by atoms with van der Waals surface area (Å²) < 4.78 is 0. The van der Waals surface area contributed by atoms with Crippen LogP contribution in [0.2, 0.25) is 0 Å². The van der Waals surface area contributed by atoms with Crippen molar-refractivity contribution in [3.63, 3.8) is 0 Å². The number of thioether (sulfide) groups is 1. The Morgan fingerprint density at radius 3 is 2.81 bits per heavy atom. The quantitative estimate of drug-likeness (QED) is 0.825. The number of anilines is 1. The highest BCUT2D eigenvalue weighted by atomic mass is 32.2. The fourth-order valence-electron chi connectivity index (χ4n) is 1.66. The topological polar surface area (TPSA) is 42.1 Å². The van der Waals surface area contributed by atoms with Gasteiger partial charge >= 0.3 is 0 Å². The normalized spacial score (nSPS) is 12.5. The first-order valence-corrected chi connectivity index (χ1v) is 7.00. The van der Waals surface area contributed by atoms with Crippen LogP contribution in [0.15, 0.2) is 18.2 Å². The molecule has 0 amide bonds. The second-order valence-corrected chi connectivity index (χ2v) is 4.73. The monoisotopic (exact) mass is 239 g/mol. The molecule has 1 unspecified atom stereocenters. The Morgan fingerprint density at radius 1 is 1.50 bits per heavy atom. The lowest BCUT2D eigenvalue weighted by Crippen LogP contribution is -2.33. The molecule has 0 spiro atoms. The lowest BCUT2D eigenvalue weighted by atomic mass is 10.2. The highest BCUT2D eigenvalue weighted by Gasteiger charge is 2.13. The second kappa shape index (κ2) is 6.76. The Bertz CT molecular complexity index is 317. The van der Waals surface area contributed by atoms with Crippen LogP contribution in [0.1, 0.15) is 19.0 Å². The van der Waals surface area contributed by atoms with E-state index in [-0.39, 0.29) is 0 Å². The molecule has 1 atom stereocenters. The number of pyridine rings is 1. The molecule has 0 radical (unpaired) electrons. The van der Waals surface area contributed by atoms with Gasteiger partial charge in [-0.2, -0.15) is 11.8 Å². The molecular weight excluding hydrogens is 218 g/mol. The van der Waals surface area contributed by atoms with Gasteiger partial charge in [0.05, 0.1) is 5.69 Å². The van der Waals surface area contributed by atoms with Gasteiger partial charge in [0.1, 0.15) is 5.82 Å². The molecule has 1 heterocycles. The van der Waals surface area contributed by atoms with Crippen molar-refractivity contribution in [3.8, 4) is 0 Å². The lowest BCUT2D eigenvalue weighted by molar-refractivity contribution is 0.664. The predicted octanol–water partition coefficient (Wildman–Crippen LogP) is 2.12. The SMILES string of the molecule is CCC(CSC)N(C)c1cccc(CN)n1. The first kappa shape index (κ1) is 13.3. The van der Waals surface area contributed by atoms with Gasteiger partial charge in [0.2, 0.25) is 0 Å². The molecule has 1 aromatic heterocycles. The fraction of sp³-hybridized carbons (Fsp3) is 0.583. The minimum Gasteiger partial charge on any atom is -0.356 e. The van der Waals surface area contributed by atoms with Crippen LogP contribution in [0, 0.1) is 0 Å². The van der Waals surface area contributed by atoms with Crippen molar-refractivity contribution >= 4 is 17.6 Å². The molecular formula is C12H21N3S. The van der Waals surface area contributed by atoms with Crippen molar-refractivity contribution in [1.82, 2.24) is 4.98 Å². The van der Waals surface area contributed by atoms with Crippen LogP contribution < -0.4 is 10.6 Å². The van der Waals surface area contributed by atoms with Crippen molar-refractivity contribution in [1.29, 1.82) is 0 Å². The summed E-state index contributed by atoms with van der Waals surface area (Å²) in [6, 6.07) is 6.57. The predicted molar refractivity (Wildman–Crippen MR) is 73.0 cm³/mol. The maximum Gasteiger partial charge on any atom is 0.128 e. The molecule has 0 fully saturated rings. The summed E-state index contributed by atoms with van der Waals surface area (Å²) in [5, 5.41) is 0. The van der Waals surface area contributed by atoms with E-state index in [2.05, 4.69) is 30.1 Å². The number of nitrogens with two attached hydrogens (primary N) is 1. The summed E-state index contributed by atoms with van der Waals surface area (Å²) >= 11 is 1.87. The van der Waals surface area contributed by atoms with Gasteiger partial charge in [0, 0.05) is 25.4 Å². The fourth-order valence-corrected chi connectivity index (χ4v) is 2.50. The maximum atomic E-state index is 5.60. The zero-order valence-electron chi connectivity index (χ0n) is 10.3. The molecule has 0 aliphatic heterocycles. The Labute approximate surface area is 102 Å². The molecule has 1 rings (SSSR count). The van der Waals surface area contributed by atoms with E-state index in [1.54, 1.807) is 0 Å². The van der Waals surface area contributed by atoms with E-state index in [1.165, 1.54) is 0 Å². The average molecular weight is 239 g/mol. The number of hydrogen-bond donors (Lipinski definition) is 1. The van der Waals surface area contributed by atoms with Crippen LogP contribution in [0.3, 0.4) is 0 Å². The summed E-state index contributed by atoms with van der Waals surface area (Å²) in [5.41, 5.74) is 6.55. The van der Waals surface area contributed by atoms with Gasteiger partial charge in [-0.25, -0.2) is 4.98 Å². The van der Waals surface area contributed by atoms with Gasteiger partial charge in [-0.1, -0.05) is 13.0 Å². The van der Waals surface area contributed by atoms with Crippen molar-refractivity contribution < 1.29 is 0 Å². The van der Waals surface area contributed by atoms with Gasteiger partial charge in [0.15, 0.2) is 0 Å². The van der Waals surface area contributed by atoms with E-state index < -0.39 is 0 Å². The Kier molecular flexibility index (Phi) is 5.63. The summed E-state index contributed by atoms with van der Waals surface area (Å²) in [6.45, 7) is 2.71.